The molecule has 0 saturated carbocycles. The molecule has 0 bridgehead atoms. The van der Waals surface area contributed by atoms with Crippen molar-refractivity contribution in [3.63, 3.8) is 0 Å². The van der Waals surface area contributed by atoms with E-state index in [-0.39, 0.29) is 11.8 Å². The lowest BCUT2D eigenvalue weighted by molar-refractivity contribution is 0.340. The molecule has 0 aliphatic rings. The van der Waals surface area contributed by atoms with Crippen molar-refractivity contribution < 1.29 is 14.6 Å². The van der Waals surface area contributed by atoms with Gasteiger partial charge in [0.05, 0.1) is 13.7 Å². The van der Waals surface area contributed by atoms with Crippen LogP contribution in [0.25, 0.3) is 0 Å². The molecule has 0 aliphatic heterocycles. The number of rotatable bonds is 6. The van der Waals surface area contributed by atoms with Crippen molar-refractivity contribution in [1.29, 1.82) is 0 Å². The Morgan fingerprint density at radius 2 is 2.00 bits per heavy atom. The number of anilines is 1. The first-order valence-corrected chi connectivity index (χ1v) is 7.00. The summed E-state index contributed by atoms with van der Waals surface area (Å²) in [7, 11) is 1.54. The second-order valence-electron chi connectivity index (χ2n) is 4.76. The molecule has 2 rings (SSSR count). The van der Waals surface area contributed by atoms with Crippen molar-refractivity contribution in [1.82, 2.24) is 0 Å². The molecule has 0 fully saturated rings. The third kappa shape index (κ3) is 3.81. The van der Waals surface area contributed by atoms with Crippen LogP contribution in [0.1, 0.15) is 25.5 Å². The Morgan fingerprint density at radius 3 is 2.71 bits per heavy atom. The van der Waals surface area contributed by atoms with Crippen LogP contribution in [-0.4, -0.2) is 18.8 Å². The van der Waals surface area contributed by atoms with E-state index in [0.717, 1.165) is 17.0 Å². The zero-order chi connectivity index (χ0) is 15.2. The fourth-order valence-electron chi connectivity index (χ4n) is 2.14. The van der Waals surface area contributed by atoms with Gasteiger partial charge in [-0.3, -0.25) is 0 Å². The van der Waals surface area contributed by atoms with Crippen LogP contribution in [0.2, 0.25) is 0 Å². The summed E-state index contributed by atoms with van der Waals surface area (Å²) in [6.45, 7) is 4.67. The predicted octanol–water partition coefficient (Wildman–Crippen LogP) is 3.97. The lowest BCUT2D eigenvalue weighted by Gasteiger charge is -2.17. The van der Waals surface area contributed by atoms with Crippen LogP contribution in [0.5, 0.6) is 17.2 Å². The van der Waals surface area contributed by atoms with Gasteiger partial charge >= 0.3 is 0 Å². The first-order chi connectivity index (χ1) is 10.1. The molecule has 0 saturated heterocycles. The first-order valence-electron chi connectivity index (χ1n) is 7.00. The number of benzene rings is 2. The third-order valence-corrected chi connectivity index (χ3v) is 3.23. The maximum absolute atomic E-state index is 9.64. The second-order valence-corrected chi connectivity index (χ2v) is 4.76. The van der Waals surface area contributed by atoms with E-state index in [0.29, 0.717) is 12.4 Å². The predicted molar refractivity (Wildman–Crippen MR) is 84.3 cm³/mol. The maximum atomic E-state index is 9.64. The Hall–Kier alpha value is -2.36. The molecule has 1 atom stereocenters. The molecule has 0 aliphatic carbocycles. The van der Waals surface area contributed by atoms with Gasteiger partial charge in [0.25, 0.3) is 0 Å². The van der Waals surface area contributed by atoms with Crippen LogP contribution < -0.4 is 14.8 Å². The van der Waals surface area contributed by atoms with E-state index in [4.69, 9.17) is 9.47 Å². The van der Waals surface area contributed by atoms with Gasteiger partial charge in [-0.15, -0.1) is 0 Å². The summed E-state index contributed by atoms with van der Waals surface area (Å²) in [5, 5.41) is 13.1. The van der Waals surface area contributed by atoms with Gasteiger partial charge in [0, 0.05) is 17.8 Å². The van der Waals surface area contributed by atoms with E-state index < -0.39 is 0 Å². The summed E-state index contributed by atoms with van der Waals surface area (Å²) in [6, 6.07) is 13.3. The van der Waals surface area contributed by atoms with Gasteiger partial charge < -0.3 is 19.9 Å². The number of phenolic OH excluding ortho intramolecular Hbond substituents is 1. The van der Waals surface area contributed by atoms with Crippen molar-refractivity contribution in [2.45, 2.75) is 19.9 Å². The van der Waals surface area contributed by atoms with Crippen LogP contribution in [-0.2, 0) is 0 Å². The van der Waals surface area contributed by atoms with Crippen molar-refractivity contribution in [3.05, 3.63) is 48.0 Å². The molecule has 2 aromatic carbocycles. The lowest BCUT2D eigenvalue weighted by Crippen LogP contribution is -2.07. The highest BCUT2D eigenvalue weighted by molar-refractivity contribution is 5.51. The summed E-state index contributed by atoms with van der Waals surface area (Å²) in [5.74, 6) is 1.47. The van der Waals surface area contributed by atoms with Crippen molar-refractivity contribution in [2.75, 3.05) is 19.0 Å². The zero-order valence-electron chi connectivity index (χ0n) is 12.6. The van der Waals surface area contributed by atoms with E-state index in [9.17, 15) is 5.11 Å². The number of nitrogens with one attached hydrogen (secondary N) is 1. The largest absolute Gasteiger partial charge is 0.504 e. The number of phenols is 1. The number of aromatic hydroxyl groups is 1. The molecular weight excluding hydrogens is 266 g/mol. The minimum atomic E-state index is 0.0800. The van der Waals surface area contributed by atoms with Gasteiger partial charge in [-0.25, -0.2) is 0 Å². The van der Waals surface area contributed by atoms with E-state index in [2.05, 4.69) is 12.2 Å². The number of methoxy groups -OCH3 is 1. The minimum absolute atomic E-state index is 0.0800. The second kappa shape index (κ2) is 6.88. The summed E-state index contributed by atoms with van der Waals surface area (Å²) in [5.41, 5.74) is 2.02. The minimum Gasteiger partial charge on any atom is -0.504 e. The average molecular weight is 287 g/mol. The van der Waals surface area contributed by atoms with Gasteiger partial charge in [0.15, 0.2) is 11.5 Å². The maximum Gasteiger partial charge on any atom is 0.160 e. The fraction of sp³-hybridized carbons (Fsp3) is 0.294. The Kier molecular flexibility index (Phi) is 4.93. The molecular formula is C17H21NO3. The zero-order valence-corrected chi connectivity index (χ0v) is 12.6. The standard InChI is InChI=1S/C17H21NO3/c1-4-21-15-7-5-6-14(11-15)18-12(2)13-8-9-16(19)17(10-13)20-3/h5-12,18-19H,4H2,1-3H3. The number of ether oxygens (including phenoxy) is 2. The summed E-state index contributed by atoms with van der Waals surface area (Å²) in [6.07, 6.45) is 0. The molecule has 4 nitrogen and oxygen atoms in total. The number of hydrogen-bond donors (Lipinski definition) is 2. The van der Waals surface area contributed by atoms with Crippen LogP contribution in [0.15, 0.2) is 42.5 Å². The van der Waals surface area contributed by atoms with Crippen LogP contribution in [0, 0.1) is 0 Å². The Morgan fingerprint density at radius 1 is 1.19 bits per heavy atom. The van der Waals surface area contributed by atoms with E-state index in [1.165, 1.54) is 0 Å². The van der Waals surface area contributed by atoms with E-state index >= 15 is 0 Å². The topological polar surface area (TPSA) is 50.7 Å². The van der Waals surface area contributed by atoms with Crippen LogP contribution in [0.4, 0.5) is 5.69 Å². The fourth-order valence-corrected chi connectivity index (χ4v) is 2.14. The lowest BCUT2D eigenvalue weighted by atomic mass is 10.1. The Bertz CT molecular complexity index is 598. The normalized spacial score (nSPS) is 11.8. The van der Waals surface area contributed by atoms with Crippen molar-refractivity contribution >= 4 is 5.69 Å². The highest BCUT2D eigenvalue weighted by atomic mass is 16.5. The van der Waals surface area contributed by atoms with E-state index in [1.807, 2.05) is 43.3 Å². The highest BCUT2D eigenvalue weighted by Gasteiger charge is 2.09. The average Bonchev–Trinajstić information content (AvgIpc) is 2.48. The molecule has 21 heavy (non-hydrogen) atoms. The van der Waals surface area contributed by atoms with E-state index in [1.54, 1.807) is 13.2 Å². The van der Waals surface area contributed by atoms with Crippen LogP contribution >= 0.6 is 0 Å². The summed E-state index contributed by atoms with van der Waals surface area (Å²) >= 11 is 0. The molecule has 4 heteroatoms. The molecule has 0 aromatic heterocycles. The molecule has 0 amide bonds. The van der Waals surface area contributed by atoms with Gasteiger partial charge in [-0.2, -0.15) is 0 Å². The first kappa shape index (κ1) is 15.0. The molecule has 2 N–H and O–H groups in total. The Labute approximate surface area is 125 Å². The molecule has 112 valence electrons. The molecule has 0 spiro atoms. The van der Waals surface area contributed by atoms with Crippen molar-refractivity contribution in [3.8, 4) is 17.2 Å². The third-order valence-electron chi connectivity index (χ3n) is 3.23. The van der Waals surface area contributed by atoms with Crippen LogP contribution in [0.3, 0.4) is 0 Å². The van der Waals surface area contributed by atoms with Crippen molar-refractivity contribution in [2.24, 2.45) is 0 Å². The quantitative estimate of drug-likeness (QED) is 0.844. The Balaban J connectivity index is 2.13. The SMILES string of the molecule is CCOc1cccc(NC(C)c2ccc(O)c(OC)c2)c1. The van der Waals surface area contributed by atoms with Gasteiger partial charge in [-0.05, 0) is 43.7 Å². The monoisotopic (exact) mass is 287 g/mol. The summed E-state index contributed by atoms with van der Waals surface area (Å²) in [4.78, 5) is 0. The molecule has 1 unspecified atom stereocenters. The molecule has 0 radical (unpaired) electrons. The van der Waals surface area contributed by atoms with Gasteiger partial charge in [-0.1, -0.05) is 12.1 Å². The number of hydrogen-bond acceptors (Lipinski definition) is 4. The van der Waals surface area contributed by atoms with Gasteiger partial charge in [0.2, 0.25) is 0 Å². The van der Waals surface area contributed by atoms with Gasteiger partial charge in [0.1, 0.15) is 5.75 Å². The summed E-state index contributed by atoms with van der Waals surface area (Å²) < 4.78 is 10.6. The molecule has 0 heterocycles. The molecule has 2 aromatic rings. The smallest absolute Gasteiger partial charge is 0.160 e. The highest BCUT2D eigenvalue weighted by Crippen LogP contribution is 2.30.